The molecule has 0 heterocycles. The van der Waals surface area contributed by atoms with Crippen LogP contribution in [-0.2, 0) is 6.42 Å². The predicted octanol–water partition coefficient (Wildman–Crippen LogP) is 5.51. The summed E-state index contributed by atoms with van der Waals surface area (Å²) in [6, 6.07) is 29.6. The number of benzene rings is 4. The molecule has 6 heteroatoms. The lowest BCUT2D eigenvalue weighted by molar-refractivity contribution is -0.384. The van der Waals surface area contributed by atoms with Gasteiger partial charge < -0.3 is 9.64 Å². The number of hydrogen-bond donors (Lipinski definition) is 0. The second kappa shape index (κ2) is 10.4. The molecule has 0 spiro atoms. The molecule has 1 amide bonds. The van der Waals surface area contributed by atoms with Gasteiger partial charge in [0.15, 0.2) is 0 Å². The second-order valence-electron chi connectivity index (χ2n) is 7.66. The van der Waals surface area contributed by atoms with Crippen molar-refractivity contribution in [2.45, 2.75) is 6.42 Å². The maximum absolute atomic E-state index is 13.1. The SMILES string of the molecule is O=C(c1ccccc1)N(CCOc1cccc2ccccc12)CCc1ccc([N+](=O)[O-])cc1. The zero-order valence-corrected chi connectivity index (χ0v) is 18.1. The Morgan fingerprint density at radius 3 is 2.27 bits per heavy atom. The third-order valence-corrected chi connectivity index (χ3v) is 5.49. The van der Waals surface area contributed by atoms with E-state index >= 15 is 0 Å². The van der Waals surface area contributed by atoms with E-state index in [1.807, 2.05) is 60.7 Å². The van der Waals surface area contributed by atoms with Gasteiger partial charge in [0.1, 0.15) is 12.4 Å². The molecule has 33 heavy (non-hydrogen) atoms. The first-order valence-electron chi connectivity index (χ1n) is 10.8. The van der Waals surface area contributed by atoms with Gasteiger partial charge in [-0.05, 0) is 35.6 Å². The van der Waals surface area contributed by atoms with Crippen molar-refractivity contribution in [3.63, 3.8) is 0 Å². The highest BCUT2D eigenvalue weighted by molar-refractivity contribution is 5.94. The molecule has 0 radical (unpaired) electrons. The maximum Gasteiger partial charge on any atom is 0.269 e. The molecule has 4 aromatic rings. The molecular weight excluding hydrogens is 416 g/mol. The molecule has 166 valence electrons. The van der Waals surface area contributed by atoms with E-state index < -0.39 is 4.92 Å². The van der Waals surface area contributed by atoms with Gasteiger partial charge in [-0.25, -0.2) is 0 Å². The van der Waals surface area contributed by atoms with Gasteiger partial charge in [-0.2, -0.15) is 0 Å². The number of amides is 1. The van der Waals surface area contributed by atoms with E-state index in [0.29, 0.717) is 31.7 Å². The maximum atomic E-state index is 13.1. The first-order chi connectivity index (χ1) is 16.1. The molecule has 0 saturated heterocycles. The summed E-state index contributed by atoms with van der Waals surface area (Å²) in [5.74, 6) is 0.717. The van der Waals surface area contributed by atoms with E-state index in [9.17, 15) is 14.9 Å². The minimum atomic E-state index is -0.417. The molecular formula is C27H24N2O4. The standard InChI is InChI=1S/C27H24N2O4/c30-27(23-8-2-1-3-9-23)28(18-17-21-13-15-24(16-14-21)29(31)32)19-20-33-26-12-6-10-22-7-4-5-11-25(22)26/h1-16H,17-20H2. The highest BCUT2D eigenvalue weighted by atomic mass is 16.6. The molecule has 6 nitrogen and oxygen atoms in total. The zero-order chi connectivity index (χ0) is 23.0. The van der Waals surface area contributed by atoms with Crippen LogP contribution in [0.3, 0.4) is 0 Å². The average molecular weight is 440 g/mol. The number of ether oxygens (including phenoxy) is 1. The van der Waals surface area contributed by atoms with E-state index in [2.05, 4.69) is 0 Å². The van der Waals surface area contributed by atoms with Gasteiger partial charge >= 0.3 is 0 Å². The largest absolute Gasteiger partial charge is 0.491 e. The van der Waals surface area contributed by atoms with Crippen molar-refractivity contribution in [1.82, 2.24) is 4.90 Å². The Hall–Kier alpha value is -4.19. The number of nitro benzene ring substituents is 1. The highest BCUT2D eigenvalue weighted by Gasteiger charge is 2.16. The van der Waals surface area contributed by atoms with Gasteiger partial charge in [0.25, 0.3) is 11.6 Å². The number of fused-ring (bicyclic) bond motifs is 1. The second-order valence-corrected chi connectivity index (χ2v) is 7.66. The molecule has 4 aromatic carbocycles. The third kappa shape index (κ3) is 5.54. The van der Waals surface area contributed by atoms with Gasteiger partial charge in [-0.15, -0.1) is 0 Å². The summed E-state index contributed by atoms with van der Waals surface area (Å²) in [5, 5.41) is 13.0. The van der Waals surface area contributed by atoms with Crippen LogP contribution in [0.4, 0.5) is 5.69 Å². The average Bonchev–Trinajstić information content (AvgIpc) is 2.86. The molecule has 0 aliphatic carbocycles. The van der Waals surface area contributed by atoms with Gasteiger partial charge in [0, 0.05) is 29.6 Å². The van der Waals surface area contributed by atoms with Crippen LogP contribution in [0.15, 0.2) is 97.1 Å². The van der Waals surface area contributed by atoms with E-state index in [4.69, 9.17) is 4.74 Å². The van der Waals surface area contributed by atoms with Crippen LogP contribution in [-0.4, -0.2) is 35.4 Å². The first kappa shape index (κ1) is 22.0. The fourth-order valence-corrected chi connectivity index (χ4v) is 3.71. The van der Waals surface area contributed by atoms with E-state index in [-0.39, 0.29) is 11.6 Å². The first-order valence-corrected chi connectivity index (χ1v) is 10.8. The number of nitro groups is 1. The predicted molar refractivity (Wildman–Crippen MR) is 129 cm³/mol. The summed E-state index contributed by atoms with van der Waals surface area (Å²) in [4.78, 5) is 25.4. The van der Waals surface area contributed by atoms with E-state index in [1.165, 1.54) is 12.1 Å². The van der Waals surface area contributed by atoms with Crippen molar-refractivity contribution in [3.8, 4) is 5.75 Å². The highest BCUT2D eigenvalue weighted by Crippen LogP contribution is 2.25. The van der Waals surface area contributed by atoms with Gasteiger partial charge in [0.2, 0.25) is 0 Å². The van der Waals surface area contributed by atoms with Gasteiger partial charge in [-0.1, -0.05) is 66.7 Å². The topological polar surface area (TPSA) is 72.7 Å². The van der Waals surface area contributed by atoms with E-state index in [0.717, 1.165) is 22.1 Å². The Bertz CT molecular complexity index is 1230. The van der Waals surface area contributed by atoms with Crippen molar-refractivity contribution >= 4 is 22.4 Å². The molecule has 0 saturated carbocycles. The number of hydrogen-bond acceptors (Lipinski definition) is 4. The van der Waals surface area contributed by atoms with Crippen LogP contribution >= 0.6 is 0 Å². The molecule has 0 unspecified atom stereocenters. The number of rotatable bonds is 9. The third-order valence-electron chi connectivity index (χ3n) is 5.49. The molecule has 0 bridgehead atoms. The van der Waals surface area contributed by atoms with Crippen LogP contribution in [0, 0.1) is 10.1 Å². The lowest BCUT2D eigenvalue weighted by Gasteiger charge is -2.23. The lowest BCUT2D eigenvalue weighted by atomic mass is 10.1. The Labute approximate surface area is 192 Å². The van der Waals surface area contributed by atoms with Crippen LogP contribution < -0.4 is 4.74 Å². The minimum absolute atomic E-state index is 0.0551. The number of non-ortho nitro benzene ring substituents is 1. The van der Waals surface area contributed by atoms with Crippen molar-refractivity contribution in [2.24, 2.45) is 0 Å². The summed E-state index contributed by atoms with van der Waals surface area (Å²) in [6.07, 6.45) is 0.588. The van der Waals surface area contributed by atoms with Crippen molar-refractivity contribution in [1.29, 1.82) is 0 Å². The van der Waals surface area contributed by atoms with Crippen molar-refractivity contribution in [2.75, 3.05) is 19.7 Å². The van der Waals surface area contributed by atoms with E-state index in [1.54, 1.807) is 29.2 Å². The van der Waals surface area contributed by atoms with Gasteiger partial charge in [0.05, 0.1) is 11.5 Å². The normalized spacial score (nSPS) is 10.7. The molecule has 0 aliphatic rings. The number of carbonyl (C=O) groups excluding carboxylic acids is 1. The summed E-state index contributed by atoms with van der Waals surface area (Å²) < 4.78 is 6.06. The fraction of sp³-hybridized carbons (Fsp3) is 0.148. The molecule has 0 fully saturated rings. The van der Waals surface area contributed by atoms with Crippen LogP contribution in [0.1, 0.15) is 15.9 Å². The lowest BCUT2D eigenvalue weighted by Crippen LogP contribution is -2.36. The summed E-state index contributed by atoms with van der Waals surface area (Å²) in [5.41, 5.74) is 1.60. The van der Waals surface area contributed by atoms with Crippen molar-refractivity contribution in [3.05, 3.63) is 118 Å². The molecule has 0 atom stereocenters. The number of nitrogens with zero attached hydrogens (tertiary/aromatic N) is 2. The smallest absolute Gasteiger partial charge is 0.269 e. The molecule has 0 N–H and O–H groups in total. The van der Waals surface area contributed by atoms with Crippen LogP contribution in [0.2, 0.25) is 0 Å². The molecule has 4 rings (SSSR count). The minimum Gasteiger partial charge on any atom is -0.491 e. The monoisotopic (exact) mass is 440 g/mol. The summed E-state index contributed by atoms with van der Waals surface area (Å²) >= 11 is 0. The van der Waals surface area contributed by atoms with Crippen LogP contribution in [0.25, 0.3) is 10.8 Å². The molecule has 0 aliphatic heterocycles. The zero-order valence-electron chi connectivity index (χ0n) is 18.1. The summed E-state index contributed by atoms with van der Waals surface area (Å²) in [6.45, 7) is 1.25. The Balaban J connectivity index is 1.45. The Kier molecular flexibility index (Phi) is 6.95. The van der Waals surface area contributed by atoms with Crippen molar-refractivity contribution < 1.29 is 14.5 Å². The fourth-order valence-electron chi connectivity index (χ4n) is 3.71. The molecule has 0 aromatic heterocycles. The summed E-state index contributed by atoms with van der Waals surface area (Å²) in [7, 11) is 0. The number of carbonyl (C=O) groups is 1. The van der Waals surface area contributed by atoms with Crippen LogP contribution in [0.5, 0.6) is 5.75 Å². The van der Waals surface area contributed by atoms with Gasteiger partial charge in [-0.3, -0.25) is 14.9 Å². The quantitative estimate of drug-likeness (QED) is 0.254. The Morgan fingerprint density at radius 1 is 0.818 bits per heavy atom. The Morgan fingerprint density at radius 2 is 1.52 bits per heavy atom.